The van der Waals surface area contributed by atoms with Crippen LogP contribution in [0.25, 0.3) is 21.7 Å². The molecule has 0 spiro atoms. The maximum Gasteiger partial charge on any atom is 0.349 e. The standard InChI is InChI=1S/C22H14Br2N2O5/c23-14-6-8-17-13(9-14)10-16(22(29)31-17)21(28)26-25-19(27)11-30-18-7-5-12-3-1-2-4-15(12)20(18)24/h1-10H,11H2,(H,25,27)(H,26,28). The van der Waals surface area contributed by atoms with Crippen molar-refractivity contribution in [3.05, 3.63) is 85.6 Å². The lowest BCUT2D eigenvalue weighted by Gasteiger charge is -2.11. The van der Waals surface area contributed by atoms with Gasteiger partial charge in [-0.05, 0) is 57.0 Å². The highest BCUT2D eigenvalue weighted by atomic mass is 79.9. The zero-order chi connectivity index (χ0) is 22.0. The van der Waals surface area contributed by atoms with Crippen LogP contribution in [0, 0.1) is 0 Å². The van der Waals surface area contributed by atoms with Gasteiger partial charge in [-0.1, -0.05) is 46.3 Å². The molecule has 1 heterocycles. The van der Waals surface area contributed by atoms with E-state index < -0.39 is 17.4 Å². The molecular weight excluding hydrogens is 532 g/mol. The second-order valence-electron chi connectivity index (χ2n) is 6.52. The highest BCUT2D eigenvalue weighted by Gasteiger charge is 2.15. The Morgan fingerprint density at radius 1 is 0.935 bits per heavy atom. The third-order valence-electron chi connectivity index (χ3n) is 4.44. The molecule has 0 aliphatic rings. The van der Waals surface area contributed by atoms with Gasteiger partial charge >= 0.3 is 5.63 Å². The number of nitrogens with one attached hydrogen (secondary N) is 2. The fourth-order valence-corrected chi connectivity index (χ4v) is 3.94. The summed E-state index contributed by atoms with van der Waals surface area (Å²) in [6, 6.07) is 17.8. The first-order valence-corrected chi connectivity index (χ1v) is 10.6. The molecule has 9 heteroatoms. The van der Waals surface area contributed by atoms with Crippen molar-refractivity contribution in [3.8, 4) is 5.75 Å². The first kappa shape index (κ1) is 21.1. The summed E-state index contributed by atoms with van der Waals surface area (Å²) in [6.45, 7) is -0.337. The molecule has 0 aliphatic heterocycles. The van der Waals surface area contributed by atoms with E-state index in [1.54, 1.807) is 24.3 Å². The van der Waals surface area contributed by atoms with Crippen molar-refractivity contribution >= 4 is 65.4 Å². The van der Waals surface area contributed by atoms with Crippen molar-refractivity contribution < 1.29 is 18.7 Å². The average Bonchev–Trinajstić information content (AvgIpc) is 2.77. The van der Waals surface area contributed by atoms with E-state index in [-0.39, 0.29) is 12.2 Å². The predicted molar refractivity (Wildman–Crippen MR) is 123 cm³/mol. The van der Waals surface area contributed by atoms with Gasteiger partial charge in [-0.25, -0.2) is 4.79 Å². The second kappa shape index (κ2) is 8.91. The van der Waals surface area contributed by atoms with Crippen LogP contribution in [0.1, 0.15) is 10.4 Å². The molecule has 0 unspecified atom stereocenters. The van der Waals surface area contributed by atoms with Crippen molar-refractivity contribution in [3.63, 3.8) is 0 Å². The summed E-state index contributed by atoms with van der Waals surface area (Å²) in [5, 5.41) is 2.54. The van der Waals surface area contributed by atoms with Gasteiger partial charge in [0.25, 0.3) is 11.8 Å². The zero-order valence-electron chi connectivity index (χ0n) is 15.8. The van der Waals surface area contributed by atoms with E-state index in [1.165, 1.54) is 6.07 Å². The number of benzene rings is 3. The molecule has 0 saturated heterocycles. The first-order valence-electron chi connectivity index (χ1n) is 9.05. The number of hydrazine groups is 1. The van der Waals surface area contributed by atoms with Crippen LogP contribution in [-0.4, -0.2) is 18.4 Å². The molecule has 7 nitrogen and oxygen atoms in total. The molecule has 2 amide bonds. The fraction of sp³-hybridized carbons (Fsp3) is 0.0455. The summed E-state index contributed by atoms with van der Waals surface area (Å²) in [5.74, 6) is -0.905. The molecule has 0 aliphatic carbocycles. The number of rotatable bonds is 4. The van der Waals surface area contributed by atoms with Crippen LogP contribution in [0.2, 0.25) is 0 Å². The minimum atomic E-state index is -0.807. The van der Waals surface area contributed by atoms with Gasteiger partial charge < -0.3 is 9.15 Å². The molecule has 3 aromatic carbocycles. The SMILES string of the molecule is O=C(COc1ccc2ccccc2c1Br)NNC(=O)c1cc2cc(Br)ccc2oc1=O. The van der Waals surface area contributed by atoms with Crippen molar-refractivity contribution in [2.24, 2.45) is 0 Å². The van der Waals surface area contributed by atoms with Gasteiger partial charge in [-0.3, -0.25) is 20.4 Å². The lowest BCUT2D eigenvalue weighted by atomic mass is 10.1. The van der Waals surface area contributed by atoms with E-state index in [0.717, 1.165) is 19.7 Å². The molecule has 0 bridgehead atoms. The van der Waals surface area contributed by atoms with Gasteiger partial charge in [0.15, 0.2) is 6.61 Å². The fourth-order valence-electron chi connectivity index (χ4n) is 2.95. The second-order valence-corrected chi connectivity index (χ2v) is 8.23. The quantitative estimate of drug-likeness (QED) is 0.294. The van der Waals surface area contributed by atoms with Crippen LogP contribution < -0.4 is 21.2 Å². The normalized spacial score (nSPS) is 10.8. The molecule has 4 rings (SSSR count). The molecule has 31 heavy (non-hydrogen) atoms. The van der Waals surface area contributed by atoms with Crippen molar-refractivity contribution in [2.45, 2.75) is 0 Å². The Labute approximate surface area is 192 Å². The predicted octanol–water partition coefficient (Wildman–Crippen LogP) is 4.31. The minimum Gasteiger partial charge on any atom is -0.483 e. The van der Waals surface area contributed by atoms with Gasteiger partial charge in [-0.2, -0.15) is 0 Å². The molecule has 1 aromatic heterocycles. The number of fused-ring (bicyclic) bond motifs is 2. The van der Waals surface area contributed by atoms with Crippen LogP contribution in [0.3, 0.4) is 0 Å². The van der Waals surface area contributed by atoms with E-state index in [2.05, 4.69) is 42.7 Å². The van der Waals surface area contributed by atoms with E-state index in [1.807, 2.05) is 30.3 Å². The Morgan fingerprint density at radius 2 is 1.74 bits per heavy atom. The van der Waals surface area contributed by atoms with Gasteiger partial charge in [0.2, 0.25) is 0 Å². The third kappa shape index (κ3) is 4.62. The lowest BCUT2D eigenvalue weighted by molar-refractivity contribution is -0.123. The summed E-state index contributed by atoms with van der Waals surface area (Å²) in [4.78, 5) is 36.5. The number of hydrogen-bond donors (Lipinski definition) is 2. The molecule has 4 aromatic rings. The molecular formula is C22H14Br2N2O5. The summed E-state index contributed by atoms with van der Waals surface area (Å²) in [5.41, 5.74) is 3.73. The van der Waals surface area contributed by atoms with E-state index in [9.17, 15) is 14.4 Å². The Hall–Kier alpha value is -3.17. The van der Waals surface area contributed by atoms with Gasteiger partial charge in [-0.15, -0.1) is 0 Å². The summed E-state index contributed by atoms with van der Waals surface area (Å²) in [7, 11) is 0. The number of hydrogen-bond acceptors (Lipinski definition) is 5. The highest BCUT2D eigenvalue weighted by Crippen LogP contribution is 2.32. The number of carbonyl (C=O) groups excluding carboxylic acids is 2. The van der Waals surface area contributed by atoms with E-state index in [4.69, 9.17) is 9.15 Å². The van der Waals surface area contributed by atoms with Gasteiger partial charge in [0.05, 0.1) is 4.47 Å². The van der Waals surface area contributed by atoms with Crippen LogP contribution >= 0.6 is 31.9 Å². The van der Waals surface area contributed by atoms with Crippen molar-refractivity contribution in [2.75, 3.05) is 6.61 Å². The monoisotopic (exact) mass is 544 g/mol. The zero-order valence-corrected chi connectivity index (χ0v) is 18.9. The van der Waals surface area contributed by atoms with Gasteiger partial charge in [0.1, 0.15) is 16.9 Å². The van der Waals surface area contributed by atoms with Crippen LogP contribution in [0.5, 0.6) is 5.75 Å². The molecule has 156 valence electrons. The molecule has 0 fully saturated rings. The number of ether oxygens (including phenoxy) is 1. The smallest absolute Gasteiger partial charge is 0.349 e. The van der Waals surface area contributed by atoms with Crippen molar-refractivity contribution in [1.29, 1.82) is 0 Å². The maximum absolute atomic E-state index is 12.3. The lowest BCUT2D eigenvalue weighted by Crippen LogP contribution is -2.45. The van der Waals surface area contributed by atoms with Crippen LogP contribution in [-0.2, 0) is 4.79 Å². The van der Waals surface area contributed by atoms with Gasteiger partial charge in [0, 0.05) is 9.86 Å². The third-order valence-corrected chi connectivity index (χ3v) is 5.75. The van der Waals surface area contributed by atoms with Crippen LogP contribution in [0.4, 0.5) is 0 Å². The largest absolute Gasteiger partial charge is 0.483 e. The Bertz CT molecular complexity index is 1380. The number of amides is 2. The van der Waals surface area contributed by atoms with E-state index >= 15 is 0 Å². The Morgan fingerprint density at radius 3 is 2.58 bits per heavy atom. The summed E-state index contributed by atoms with van der Waals surface area (Å²) in [6.07, 6.45) is 0. The topological polar surface area (TPSA) is 97.6 Å². The molecule has 0 saturated carbocycles. The molecule has 2 N–H and O–H groups in total. The number of carbonyl (C=O) groups is 2. The Kier molecular flexibility index (Phi) is 6.06. The summed E-state index contributed by atoms with van der Waals surface area (Å²) >= 11 is 6.81. The minimum absolute atomic E-state index is 0.232. The highest BCUT2D eigenvalue weighted by molar-refractivity contribution is 9.11. The van der Waals surface area contributed by atoms with Crippen molar-refractivity contribution in [1.82, 2.24) is 10.9 Å². The maximum atomic E-state index is 12.3. The molecule has 0 atom stereocenters. The van der Waals surface area contributed by atoms with E-state index in [0.29, 0.717) is 16.7 Å². The van der Waals surface area contributed by atoms with Crippen LogP contribution in [0.15, 0.2) is 78.8 Å². The summed E-state index contributed by atoms with van der Waals surface area (Å²) < 4.78 is 12.2. The average molecular weight is 546 g/mol. The number of halogens is 2. The molecule has 0 radical (unpaired) electrons. The Balaban J connectivity index is 1.39. The first-order chi connectivity index (χ1) is 14.9.